The quantitative estimate of drug-likeness (QED) is 0.897. The third-order valence-corrected chi connectivity index (χ3v) is 3.86. The summed E-state index contributed by atoms with van der Waals surface area (Å²) in [5.74, 6) is 1.18. The van der Waals surface area contributed by atoms with Gasteiger partial charge in [0.15, 0.2) is 5.82 Å². The summed E-state index contributed by atoms with van der Waals surface area (Å²) in [6.07, 6.45) is 0. The highest BCUT2D eigenvalue weighted by Gasteiger charge is 2.24. The van der Waals surface area contributed by atoms with Crippen molar-refractivity contribution in [2.24, 2.45) is 0 Å². The van der Waals surface area contributed by atoms with Crippen LogP contribution in [0, 0.1) is 0 Å². The highest BCUT2D eigenvalue weighted by molar-refractivity contribution is 7.13. The van der Waals surface area contributed by atoms with Crippen molar-refractivity contribution in [3.63, 3.8) is 0 Å². The number of likely N-dealkylation sites (N-methyl/N-ethyl adjacent to an activating group) is 1. The maximum Gasteiger partial charge on any atom is 0.268 e. The van der Waals surface area contributed by atoms with Crippen molar-refractivity contribution < 1.29 is 9.63 Å². The van der Waals surface area contributed by atoms with E-state index in [2.05, 4.69) is 10.1 Å². The minimum Gasteiger partial charge on any atom is -0.394 e. The summed E-state index contributed by atoms with van der Waals surface area (Å²) in [7, 11) is 1.93. The standard InChI is InChI=1S/C12H17N3O2S/c1-12(2,8-16)15(3)7-10-13-11(17-14-10)9-5-4-6-18-9/h4-6,16H,7-8H2,1-3H3. The zero-order valence-electron chi connectivity index (χ0n) is 10.8. The molecule has 18 heavy (non-hydrogen) atoms. The lowest BCUT2D eigenvalue weighted by Gasteiger charge is -2.32. The van der Waals surface area contributed by atoms with Gasteiger partial charge in [0.1, 0.15) is 0 Å². The molecule has 5 nitrogen and oxygen atoms in total. The molecule has 0 aliphatic carbocycles. The van der Waals surface area contributed by atoms with E-state index < -0.39 is 0 Å². The first-order valence-electron chi connectivity index (χ1n) is 5.71. The summed E-state index contributed by atoms with van der Waals surface area (Å²) < 4.78 is 5.22. The molecule has 0 unspecified atom stereocenters. The molecular formula is C12H17N3O2S. The Balaban J connectivity index is 2.08. The number of aliphatic hydroxyl groups excluding tert-OH is 1. The van der Waals surface area contributed by atoms with Gasteiger partial charge in [-0.2, -0.15) is 4.98 Å². The van der Waals surface area contributed by atoms with Gasteiger partial charge in [0.25, 0.3) is 5.89 Å². The van der Waals surface area contributed by atoms with Gasteiger partial charge in [0.05, 0.1) is 18.0 Å². The normalized spacial score (nSPS) is 12.3. The summed E-state index contributed by atoms with van der Waals surface area (Å²) in [4.78, 5) is 7.32. The average Bonchev–Trinajstić information content (AvgIpc) is 2.98. The molecule has 0 saturated heterocycles. The van der Waals surface area contributed by atoms with Gasteiger partial charge in [-0.3, -0.25) is 4.90 Å². The van der Waals surface area contributed by atoms with Crippen LogP contribution in [0.15, 0.2) is 22.0 Å². The Morgan fingerprint density at radius 2 is 2.28 bits per heavy atom. The van der Waals surface area contributed by atoms with Crippen molar-refractivity contribution in [3.8, 4) is 10.8 Å². The van der Waals surface area contributed by atoms with Crippen LogP contribution in [0.2, 0.25) is 0 Å². The van der Waals surface area contributed by atoms with E-state index in [4.69, 9.17) is 4.52 Å². The Morgan fingerprint density at radius 3 is 2.89 bits per heavy atom. The number of aliphatic hydroxyl groups is 1. The van der Waals surface area contributed by atoms with Crippen LogP contribution in [0.1, 0.15) is 19.7 Å². The summed E-state index contributed by atoms with van der Waals surface area (Å²) in [6.45, 7) is 4.56. The zero-order valence-corrected chi connectivity index (χ0v) is 11.6. The van der Waals surface area contributed by atoms with Crippen molar-refractivity contribution in [1.82, 2.24) is 15.0 Å². The molecule has 2 aromatic rings. The number of hydrogen-bond donors (Lipinski definition) is 1. The van der Waals surface area contributed by atoms with E-state index in [-0.39, 0.29) is 12.1 Å². The monoisotopic (exact) mass is 267 g/mol. The highest BCUT2D eigenvalue weighted by atomic mass is 32.1. The van der Waals surface area contributed by atoms with Crippen molar-refractivity contribution in [1.29, 1.82) is 0 Å². The summed E-state index contributed by atoms with van der Waals surface area (Å²) >= 11 is 1.57. The lowest BCUT2D eigenvalue weighted by atomic mass is 10.1. The van der Waals surface area contributed by atoms with Crippen LogP contribution in [-0.2, 0) is 6.54 Å². The van der Waals surface area contributed by atoms with Crippen molar-refractivity contribution in [3.05, 3.63) is 23.3 Å². The number of nitrogens with zero attached hydrogens (tertiary/aromatic N) is 3. The maximum absolute atomic E-state index is 9.29. The van der Waals surface area contributed by atoms with Crippen LogP contribution >= 0.6 is 11.3 Å². The largest absolute Gasteiger partial charge is 0.394 e. The molecule has 0 radical (unpaired) electrons. The van der Waals surface area contributed by atoms with Crippen LogP contribution in [0.4, 0.5) is 0 Å². The predicted octanol–water partition coefficient (Wildman–Crippen LogP) is 2.00. The third-order valence-electron chi connectivity index (χ3n) is 3.00. The van der Waals surface area contributed by atoms with Gasteiger partial charge < -0.3 is 9.63 Å². The molecule has 0 bridgehead atoms. The molecule has 2 heterocycles. The summed E-state index contributed by atoms with van der Waals surface area (Å²) in [5.41, 5.74) is -0.302. The Kier molecular flexibility index (Phi) is 3.79. The third kappa shape index (κ3) is 2.77. The molecule has 0 aliphatic heterocycles. The van der Waals surface area contributed by atoms with Gasteiger partial charge in [0.2, 0.25) is 0 Å². The Morgan fingerprint density at radius 1 is 1.50 bits per heavy atom. The lowest BCUT2D eigenvalue weighted by Crippen LogP contribution is -2.43. The first-order chi connectivity index (χ1) is 8.53. The molecule has 0 aromatic carbocycles. The van der Waals surface area contributed by atoms with Gasteiger partial charge in [-0.05, 0) is 32.3 Å². The average molecular weight is 267 g/mol. The van der Waals surface area contributed by atoms with Gasteiger partial charge >= 0.3 is 0 Å². The molecule has 2 rings (SSSR count). The predicted molar refractivity (Wildman–Crippen MR) is 70.2 cm³/mol. The molecule has 0 saturated carbocycles. The van der Waals surface area contributed by atoms with Crippen LogP contribution < -0.4 is 0 Å². The number of aromatic nitrogens is 2. The number of rotatable bonds is 5. The molecule has 0 aliphatic rings. The second-order valence-electron chi connectivity index (χ2n) is 4.82. The van der Waals surface area contributed by atoms with Crippen molar-refractivity contribution in [2.75, 3.05) is 13.7 Å². The smallest absolute Gasteiger partial charge is 0.268 e. The Bertz CT molecular complexity index is 493. The first-order valence-corrected chi connectivity index (χ1v) is 6.59. The second-order valence-corrected chi connectivity index (χ2v) is 5.77. The van der Waals surface area contributed by atoms with E-state index in [1.165, 1.54) is 0 Å². The fourth-order valence-electron chi connectivity index (χ4n) is 1.37. The van der Waals surface area contributed by atoms with Gasteiger partial charge in [-0.25, -0.2) is 0 Å². The van der Waals surface area contributed by atoms with E-state index in [0.29, 0.717) is 18.3 Å². The van der Waals surface area contributed by atoms with Gasteiger partial charge in [-0.15, -0.1) is 11.3 Å². The summed E-state index contributed by atoms with van der Waals surface area (Å²) in [6, 6.07) is 3.90. The zero-order chi connectivity index (χ0) is 13.2. The molecule has 0 amide bonds. The van der Waals surface area contributed by atoms with E-state index in [0.717, 1.165) is 4.88 Å². The van der Waals surface area contributed by atoms with E-state index in [9.17, 15) is 5.11 Å². The lowest BCUT2D eigenvalue weighted by molar-refractivity contribution is 0.0708. The minimum atomic E-state index is -0.302. The fraction of sp³-hybridized carbons (Fsp3) is 0.500. The van der Waals surface area contributed by atoms with E-state index >= 15 is 0 Å². The molecule has 0 fully saturated rings. The second kappa shape index (κ2) is 5.17. The number of thiophene rings is 1. The van der Waals surface area contributed by atoms with Gasteiger partial charge in [0, 0.05) is 5.54 Å². The molecule has 98 valence electrons. The molecule has 2 aromatic heterocycles. The van der Waals surface area contributed by atoms with E-state index in [1.54, 1.807) is 11.3 Å². The Labute approximate surface area is 110 Å². The van der Waals surface area contributed by atoms with Crippen LogP contribution in [0.25, 0.3) is 10.8 Å². The van der Waals surface area contributed by atoms with E-state index in [1.807, 2.05) is 43.3 Å². The van der Waals surface area contributed by atoms with Crippen molar-refractivity contribution >= 4 is 11.3 Å². The SMILES string of the molecule is CN(Cc1noc(-c2cccs2)n1)C(C)(C)CO. The van der Waals surface area contributed by atoms with Crippen LogP contribution in [-0.4, -0.2) is 39.3 Å². The summed E-state index contributed by atoms with van der Waals surface area (Å²) in [5, 5.41) is 15.2. The number of hydrogen-bond acceptors (Lipinski definition) is 6. The van der Waals surface area contributed by atoms with Crippen LogP contribution in [0.5, 0.6) is 0 Å². The molecule has 6 heteroatoms. The molecule has 0 spiro atoms. The maximum atomic E-state index is 9.29. The first kappa shape index (κ1) is 13.2. The van der Waals surface area contributed by atoms with Crippen molar-refractivity contribution in [2.45, 2.75) is 25.9 Å². The highest BCUT2D eigenvalue weighted by Crippen LogP contribution is 2.23. The topological polar surface area (TPSA) is 62.4 Å². The molecule has 1 N–H and O–H groups in total. The van der Waals surface area contributed by atoms with Crippen LogP contribution in [0.3, 0.4) is 0 Å². The molecular weight excluding hydrogens is 250 g/mol. The minimum absolute atomic E-state index is 0.0825. The Hall–Kier alpha value is -1.24. The van der Waals surface area contributed by atoms with Gasteiger partial charge in [-0.1, -0.05) is 11.2 Å². The fourth-order valence-corrected chi connectivity index (χ4v) is 2.01. The molecule has 0 atom stereocenters.